The molecular weight excluding hydrogens is 313 g/mol. The zero-order valence-corrected chi connectivity index (χ0v) is 11.9. The van der Waals surface area contributed by atoms with Gasteiger partial charge in [0.1, 0.15) is 5.82 Å². The Hall–Kier alpha value is -2.39. The number of carbonyl (C=O) groups excluding carboxylic acids is 1. The minimum Gasteiger partial charge on any atom is -0.353 e. The molecule has 1 N–H and O–H groups in total. The van der Waals surface area contributed by atoms with Crippen molar-refractivity contribution < 1.29 is 18.0 Å². The molecule has 1 saturated heterocycles. The SMILES string of the molecule is O=C(NC1CC1)C1CN(c2ccc3nnc(C(F)(F)F)n3n2)C1. The molecule has 1 aliphatic heterocycles. The molecule has 4 rings (SSSR count). The Kier molecular flexibility index (Phi) is 2.97. The van der Waals surface area contributed by atoms with Gasteiger partial charge in [-0.2, -0.15) is 17.7 Å². The van der Waals surface area contributed by atoms with Gasteiger partial charge in [-0.15, -0.1) is 15.3 Å². The van der Waals surface area contributed by atoms with Crippen molar-refractivity contribution in [2.75, 3.05) is 18.0 Å². The summed E-state index contributed by atoms with van der Waals surface area (Å²) in [7, 11) is 0. The van der Waals surface area contributed by atoms with Gasteiger partial charge in [0.2, 0.25) is 5.91 Å². The lowest BCUT2D eigenvalue weighted by Gasteiger charge is -2.38. The average molecular weight is 326 g/mol. The number of aromatic nitrogens is 4. The standard InChI is InChI=1S/C13H13F3N6O/c14-13(15,16)12-19-18-9-3-4-10(20-22(9)12)21-5-7(6-21)11(23)17-8-1-2-8/h3-4,7-8H,1-2,5-6H2,(H,17,23). The first-order chi connectivity index (χ1) is 10.9. The molecule has 2 aromatic heterocycles. The van der Waals surface area contributed by atoms with Crippen molar-refractivity contribution in [2.24, 2.45) is 5.92 Å². The van der Waals surface area contributed by atoms with E-state index in [9.17, 15) is 18.0 Å². The van der Waals surface area contributed by atoms with E-state index in [1.54, 1.807) is 11.0 Å². The highest BCUT2D eigenvalue weighted by atomic mass is 19.4. The summed E-state index contributed by atoms with van der Waals surface area (Å²) in [5.74, 6) is -0.919. The number of nitrogens with one attached hydrogen (secondary N) is 1. The fraction of sp³-hybridized carbons (Fsp3) is 0.538. The Morgan fingerprint density at radius 1 is 1.22 bits per heavy atom. The Labute approximate surface area is 128 Å². The van der Waals surface area contributed by atoms with Crippen molar-refractivity contribution in [3.8, 4) is 0 Å². The molecule has 0 radical (unpaired) electrons. The van der Waals surface area contributed by atoms with E-state index in [4.69, 9.17) is 0 Å². The van der Waals surface area contributed by atoms with Crippen LogP contribution in [0.3, 0.4) is 0 Å². The lowest BCUT2D eigenvalue weighted by atomic mass is 9.99. The maximum absolute atomic E-state index is 12.8. The van der Waals surface area contributed by atoms with Crippen LogP contribution in [0.25, 0.3) is 5.65 Å². The van der Waals surface area contributed by atoms with E-state index < -0.39 is 12.0 Å². The predicted molar refractivity (Wildman–Crippen MR) is 72.7 cm³/mol. The van der Waals surface area contributed by atoms with Crippen molar-refractivity contribution in [3.05, 3.63) is 18.0 Å². The molecule has 0 unspecified atom stereocenters. The highest BCUT2D eigenvalue weighted by Gasteiger charge is 2.39. The van der Waals surface area contributed by atoms with Gasteiger partial charge in [0.25, 0.3) is 5.82 Å². The quantitative estimate of drug-likeness (QED) is 0.905. The number of amides is 1. The van der Waals surface area contributed by atoms with Gasteiger partial charge >= 0.3 is 6.18 Å². The molecule has 0 bridgehead atoms. The van der Waals surface area contributed by atoms with Crippen LogP contribution in [-0.2, 0) is 11.0 Å². The monoisotopic (exact) mass is 326 g/mol. The molecule has 1 aliphatic carbocycles. The third-order valence-corrected chi connectivity index (χ3v) is 4.00. The molecular formula is C13H13F3N6O. The van der Waals surface area contributed by atoms with Gasteiger partial charge < -0.3 is 10.2 Å². The maximum Gasteiger partial charge on any atom is 0.453 e. The Morgan fingerprint density at radius 2 is 1.96 bits per heavy atom. The van der Waals surface area contributed by atoms with E-state index >= 15 is 0 Å². The molecule has 7 nitrogen and oxygen atoms in total. The van der Waals surface area contributed by atoms with Gasteiger partial charge in [-0.3, -0.25) is 4.79 Å². The van der Waals surface area contributed by atoms with Crippen molar-refractivity contribution >= 4 is 17.4 Å². The van der Waals surface area contributed by atoms with E-state index in [2.05, 4.69) is 20.6 Å². The minimum atomic E-state index is -4.62. The van der Waals surface area contributed by atoms with Crippen LogP contribution >= 0.6 is 0 Å². The molecule has 122 valence electrons. The third-order valence-electron chi connectivity index (χ3n) is 4.00. The highest BCUT2D eigenvalue weighted by molar-refractivity contribution is 5.82. The Bertz CT molecular complexity index is 763. The summed E-state index contributed by atoms with van der Waals surface area (Å²) >= 11 is 0. The number of carbonyl (C=O) groups is 1. The average Bonchev–Trinajstić information content (AvgIpc) is 3.12. The zero-order valence-electron chi connectivity index (χ0n) is 11.9. The number of hydrogen-bond donors (Lipinski definition) is 1. The molecule has 23 heavy (non-hydrogen) atoms. The fourth-order valence-corrected chi connectivity index (χ4v) is 2.50. The topological polar surface area (TPSA) is 75.4 Å². The van der Waals surface area contributed by atoms with Crippen LogP contribution in [0.1, 0.15) is 18.7 Å². The second-order valence-electron chi connectivity index (χ2n) is 5.87. The number of hydrogen-bond acceptors (Lipinski definition) is 5. The molecule has 2 aliphatic rings. The predicted octanol–water partition coefficient (Wildman–Crippen LogP) is 0.858. The molecule has 2 fully saturated rings. The van der Waals surface area contributed by atoms with Crippen LogP contribution in [0.2, 0.25) is 0 Å². The Morgan fingerprint density at radius 3 is 2.61 bits per heavy atom. The molecule has 0 atom stereocenters. The minimum absolute atomic E-state index is 0.00473. The van der Waals surface area contributed by atoms with Gasteiger partial charge in [0.15, 0.2) is 5.65 Å². The first-order valence-corrected chi connectivity index (χ1v) is 7.27. The van der Waals surface area contributed by atoms with Crippen LogP contribution in [0.5, 0.6) is 0 Å². The second-order valence-corrected chi connectivity index (χ2v) is 5.87. The van der Waals surface area contributed by atoms with E-state index in [0.29, 0.717) is 29.5 Å². The summed E-state index contributed by atoms with van der Waals surface area (Å²) in [4.78, 5) is 13.6. The third kappa shape index (κ3) is 2.57. The van der Waals surface area contributed by atoms with Crippen molar-refractivity contribution in [1.29, 1.82) is 0 Å². The van der Waals surface area contributed by atoms with E-state index in [0.717, 1.165) is 12.8 Å². The number of fused-ring (bicyclic) bond motifs is 1. The number of halogens is 3. The van der Waals surface area contributed by atoms with E-state index in [1.807, 2.05) is 0 Å². The van der Waals surface area contributed by atoms with Crippen LogP contribution in [0, 0.1) is 5.92 Å². The molecule has 10 heteroatoms. The van der Waals surface area contributed by atoms with Crippen molar-refractivity contribution in [1.82, 2.24) is 25.1 Å². The first-order valence-electron chi connectivity index (χ1n) is 7.27. The van der Waals surface area contributed by atoms with E-state index in [1.165, 1.54) is 6.07 Å². The van der Waals surface area contributed by atoms with Gasteiger partial charge in [0, 0.05) is 19.1 Å². The summed E-state index contributed by atoms with van der Waals surface area (Å²) in [6.07, 6.45) is -2.57. The van der Waals surface area contributed by atoms with Crippen LogP contribution in [-0.4, -0.2) is 44.8 Å². The molecule has 0 spiro atoms. The normalized spacial score (nSPS) is 19.0. The Balaban J connectivity index is 1.50. The molecule has 1 saturated carbocycles. The van der Waals surface area contributed by atoms with Crippen LogP contribution in [0.15, 0.2) is 12.1 Å². The first kappa shape index (κ1) is 14.2. The summed E-state index contributed by atoms with van der Waals surface area (Å²) in [6, 6.07) is 3.32. The summed E-state index contributed by atoms with van der Waals surface area (Å²) in [5, 5.41) is 13.5. The van der Waals surface area contributed by atoms with Gasteiger partial charge in [-0.25, -0.2) is 0 Å². The molecule has 1 amide bonds. The van der Waals surface area contributed by atoms with Crippen molar-refractivity contribution in [2.45, 2.75) is 25.1 Å². The van der Waals surface area contributed by atoms with Crippen molar-refractivity contribution in [3.63, 3.8) is 0 Å². The fourth-order valence-electron chi connectivity index (χ4n) is 2.50. The number of rotatable bonds is 3. The lowest BCUT2D eigenvalue weighted by Crippen LogP contribution is -2.54. The summed E-state index contributed by atoms with van der Waals surface area (Å²) in [6.45, 7) is 0.890. The maximum atomic E-state index is 12.8. The van der Waals surface area contributed by atoms with Gasteiger partial charge in [-0.05, 0) is 25.0 Å². The van der Waals surface area contributed by atoms with Crippen LogP contribution < -0.4 is 10.2 Å². The summed E-state index contributed by atoms with van der Waals surface area (Å²) < 4.78 is 39.2. The van der Waals surface area contributed by atoms with E-state index in [-0.39, 0.29) is 17.5 Å². The largest absolute Gasteiger partial charge is 0.453 e. The van der Waals surface area contributed by atoms with Gasteiger partial charge in [-0.1, -0.05) is 0 Å². The zero-order chi connectivity index (χ0) is 16.2. The van der Waals surface area contributed by atoms with Gasteiger partial charge in [0.05, 0.1) is 5.92 Å². The molecule has 2 aromatic rings. The number of anilines is 1. The number of alkyl halides is 3. The molecule has 0 aromatic carbocycles. The summed E-state index contributed by atoms with van der Waals surface area (Å²) in [5.41, 5.74) is 0.0321. The highest BCUT2D eigenvalue weighted by Crippen LogP contribution is 2.29. The molecule has 3 heterocycles. The lowest BCUT2D eigenvalue weighted by molar-refractivity contribution is -0.146. The smallest absolute Gasteiger partial charge is 0.353 e. The number of nitrogens with zero attached hydrogens (tertiary/aromatic N) is 5. The van der Waals surface area contributed by atoms with Crippen LogP contribution in [0.4, 0.5) is 19.0 Å². The second kappa shape index (κ2) is 4.80.